The first kappa shape index (κ1) is 13.1. The van der Waals surface area contributed by atoms with Gasteiger partial charge in [0.1, 0.15) is 6.07 Å². The molecule has 1 aromatic rings. The Labute approximate surface area is 108 Å². The maximum absolute atomic E-state index is 12.1. The van der Waals surface area contributed by atoms with Crippen LogP contribution >= 0.6 is 0 Å². The number of hydrogen-bond acceptors (Lipinski definition) is 3. The largest absolute Gasteiger partial charge is 0.241 e. The van der Waals surface area contributed by atoms with Crippen LogP contribution in [0.15, 0.2) is 29.2 Å². The molecule has 5 heteroatoms. The third-order valence-electron chi connectivity index (χ3n) is 3.32. The highest BCUT2D eigenvalue weighted by Gasteiger charge is 2.29. The number of nitrogens with zero attached hydrogens (tertiary/aromatic N) is 1. The van der Waals surface area contributed by atoms with Crippen molar-refractivity contribution in [2.45, 2.75) is 24.7 Å². The first-order chi connectivity index (χ1) is 8.54. The lowest BCUT2D eigenvalue weighted by molar-refractivity contribution is 0.492. The molecule has 1 unspecified atom stereocenters. The van der Waals surface area contributed by atoms with Crippen molar-refractivity contribution in [1.82, 2.24) is 4.72 Å². The van der Waals surface area contributed by atoms with Gasteiger partial charge >= 0.3 is 0 Å². The van der Waals surface area contributed by atoms with E-state index in [1.165, 1.54) is 25.0 Å². The zero-order valence-corrected chi connectivity index (χ0v) is 11.1. The van der Waals surface area contributed by atoms with E-state index in [0.29, 0.717) is 18.4 Å². The van der Waals surface area contributed by atoms with Crippen molar-refractivity contribution in [3.63, 3.8) is 0 Å². The van der Waals surface area contributed by atoms with Crippen molar-refractivity contribution < 1.29 is 8.42 Å². The lowest BCUT2D eigenvalue weighted by Crippen LogP contribution is -2.29. The molecule has 2 rings (SSSR count). The molecular formula is C13H16N2O2S. The molecule has 0 aromatic heterocycles. The van der Waals surface area contributed by atoms with Crippen LogP contribution in [-0.4, -0.2) is 15.0 Å². The summed E-state index contributed by atoms with van der Waals surface area (Å²) in [6.45, 7) is 2.49. The quantitative estimate of drug-likeness (QED) is 0.882. The zero-order chi connectivity index (χ0) is 13.2. The highest BCUT2D eigenvalue weighted by atomic mass is 32.2. The molecule has 0 heterocycles. The monoisotopic (exact) mass is 264 g/mol. The Balaban J connectivity index is 2.12. The molecule has 1 aromatic carbocycles. The first-order valence-corrected chi connectivity index (χ1v) is 7.51. The van der Waals surface area contributed by atoms with Gasteiger partial charge in [-0.25, -0.2) is 13.1 Å². The second kappa shape index (κ2) is 5.09. The van der Waals surface area contributed by atoms with Crippen LogP contribution in [0.1, 0.15) is 25.3 Å². The lowest BCUT2D eigenvalue weighted by Gasteiger charge is -2.12. The third-order valence-corrected chi connectivity index (χ3v) is 4.80. The van der Waals surface area contributed by atoms with Gasteiger partial charge in [-0.2, -0.15) is 5.26 Å². The van der Waals surface area contributed by atoms with Crippen LogP contribution in [0.2, 0.25) is 0 Å². The van der Waals surface area contributed by atoms with E-state index in [9.17, 15) is 8.42 Å². The van der Waals surface area contributed by atoms with E-state index in [-0.39, 0.29) is 10.5 Å². The standard InChI is InChI=1S/C13H16N2O2S/c1-10(11-6-7-11)9-15-18(16,17)13-5-3-2-4-12(13)8-14/h2-5,10-11,15H,6-7,9H2,1H3. The second-order valence-electron chi connectivity index (χ2n) is 4.77. The topological polar surface area (TPSA) is 70.0 Å². The molecule has 1 atom stereocenters. The molecule has 1 aliphatic rings. The van der Waals surface area contributed by atoms with Gasteiger partial charge in [0.15, 0.2) is 0 Å². The second-order valence-corrected chi connectivity index (χ2v) is 6.51. The average Bonchev–Trinajstić information content (AvgIpc) is 3.20. The number of hydrogen-bond donors (Lipinski definition) is 1. The van der Waals surface area contributed by atoms with Gasteiger partial charge in [0, 0.05) is 6.54 Å². The molecule has 0 spiro atoms. The van der Waals surface area contributed by atoms with E-state index in [1.54, 1.807) is 12.1 Å². The van der Waals surface area contributed by atoms with Crippen LogP contribution in [-0.2, 0) is 10.0 Å². The minimum absolute atomic E-state index is 0.0653. The molecular weight excluding hydrogens is 248 g/mol. The predicted molar refractivity (Wildman–Crippen MR) is 68.2 cm³/mol. The molecule has 0 saturated heterocycles. The molecule has 0 aliphatic heterocycles. The van der Waals surface area contributed by atoms with Gasteiger partial charge in [-0.3, -0.25) is 0 Å². The molecule has 1 N–H and O–H groups in total. The Kier molecular flexibility index (Phi) is 3.69. The fourth-order valence-electron chi connectivity index (χ4n) is 1.94. The molecule has 18 heavy (non-hydrogen) atoms. The molecule has 1 fully saturated rings. The van der Waals surface area contributed by atoms with Gasteiger partial charge in [0.2, 0.25) is 10.0 Å². The summed E-state index contributed by atoms with van der Waals surface area (Å²) in [5, 5.41) is 8.92. The number of rotatable bonds is 5. The van der Waals surface area contributed by atoms with E-state index in [4.69, 9.17) is 5.26 Å². The summed E-state index contributed by atoms with van der Waals surface area (Å²) >= 11 is 0. The Morgan fingerprint density at radius 1 is 1.44 bits per heavy atom. The van der Waals surface area contributed by atoms with Crippen molar-refractivity contribution in [2.75, 3.05) is 6.54 Å². The zero-order valence-electron chi connectivity index (χ0n) is 10.3. The van der Waals surface area contributed by atoms with Crippen LogP contribution in [0.4, 0.5) is 0 Å². The van der Waals surface area contributed by atoms with Gasteiger partial charge < -0.3 is 0 Å². The van der Waals surface area contributed by atoms with E-state index in [1.807, 2.05) is 6.07 Å². The van der Waals surface area contributed by atoms with Crippen LogP contribution in [0.5, 0.6) is 0 Å². The Morgan fingerprint density at radius 2 is 2.11 bits per heavy atom. The number of sulfonamides is 1. The number of nitrogens with one attached hydrogen (secondary N) is 1. The molecule has 96 valence electrons. The van der Waals surface area contributed by atoms with Gasteiger partial charge in [0.05, 0.1) is 10.5 Å². The van der Waals surface area contributed by atoms with E-state index in [0.717, 1.165) is 0 Å². The third kappa shape index (κ3) is 2.89. The minimum Gasteiger partial charge on any atom is -0.211 e. The summed E-state index contributed by atoms with van der Waals surface area (Å²) in [6.07, 6.45) is 2.38. The summed E-state index contributed by atoms with van der Waals surface area (Å²) in [7, 11) is -3.58. The lowest BCUT2D eigenvalue weighted by atomic mass is 10.1. The first-order valence-electron chi connectivity index (χ1n) is 6.03. The molecule has 0 bridgehead atoms. The van der Waals surface area contributed by atoms with Crippen molar-refractivity contribution >= 4 is 10.0 Å². The molecule has 1 aliphatic carbocycles. The molecule has 0 radical (unpaired) electrons. The fraction of sp³-hybridized carbons (Fsp3) is 0.462. The Morgan fingerprint density at radius 3 is 2.72 bits per heavy atom. The summed E-state index contributed by atoms with van der Waals surface area (Å²) in [5.74, 6) is 1.01. The Bertz CT molecular complexity index is 571. The maximum atomic E-state index is 12.1. The van der Waals surface area contributed by atoms with Crippen LogP contribution < -0.4 is 4.72 Å². The van der Waals surface area contributed by atoms with Gasteiger partial charge in [-0.05, 0) is 36.8 Å². The van der Waals surface area contributed by atoms with Crippen LogP contribution in [0, 0.1) is 23.2 Å². The fourth-order valence-corrected chi connectivity index (χ4v) is 3.24. The minimum atomic E-state index is -3.58. The van der Waals surface area contributed by atoms with Gasteiger partial charge in [-0.1, -0.05) is 19.1 Å². The summed E-state index contributed by atoms with van der Waals surface area (Å²) in [4.78, 5) is 0.0653. The van der Waals surface area contributed by atoms with Crippen molar-refractivity contribution in [1.29, 1.82) is 5.26 Å². The predicted octanol–water partition coefficient (Wildman–Crippen LogP) is 1.88. The highest BCUT2D eigenvalue weighted by molar-refractivity contribution is 7.89. The van der Waals surface area contributed by atoms with Crippen LogP contribution in [0.25, 0.3) is 0 Å². The summed E-state index contributed by atoms with van der Waals surface area (Å²) < 4.78 is 26.8. The normalized spacial score (nSPS) is 17.1. The smallest absolute Gasteiger partial charge is 0.211 e. The number of benzene rings is 1. The SMILES string of the molecule is CC(CNS(=O)(=O)c1ccccc1C#N)C1CC1. The van der Waals surface area contributed by atoms with Gasteiger partial charge in [0.25, 0.3) is 0 Å². The van der Waals surface area contributed by atoms with Crippen molar-refractivity contribution in [2.24, 2.45) is 11.8 Å². The average molecular weight is 264 g/mol. The van der Waals surface area contributed by atoms with Crippen LogP contribution in [0.3, 0.4) is 0 Å². The van der Waals surface area contributed by atoms with Crippen molar-refractivity contribution in [3.8, 4) is 6.07 Å². The number of nitriles is 1. The Hall–Kier alpha value is -1.38. The van der Waals surface area contributed by atoms with E-state index < -0.39 is 10.0 Å². The highest BCUT2D eigenvalue weighted by Crippen LogP contribution is 2.36. The van der Waals surface area contributed by atoms with E-state index >= 15 is 0 Å². The van der Waals surface area contributed by atoms with Gasteiger partial charge in [-0.15, -0.1) is 0 Å². The molecule has 4 nitrogen and oxygen atoms in total. The maximum Gasteiger partial charge on any atom is 0.241 e. The summed E-state index contributed by atoms with van der Waals surface area (Å²) in [6, 6.07) is 8.16. The molecule has 1 saturated carbocycles. The van der Waals surface area contributed by atoms with E-state index in [2.05, 4.69) is 11.6 Å². The summed E-state index contributed by atoms with van der Waals surface area (Å²) in [5.41, 5.74) is 0.184. The van der Waals surface area contributed by atoms with Crippen molar-refractivity contribution in [3.05, 3.63) is 29.8 Å². The molecule has 0 amide bonds.